The Labute approximate surface area is 114 Å². The Kier molecular flexibility index (Phi) is 3.16. The maximum Gasteiger partial charge on any atom is 0.388 e. The molecular formula is C12H6F4N4O. The molecule has 21 heavy (non-hydrogen) atoms. The lowest BCUT2D eigenvalue weighted by Gasteiger charge is -2.06. The first-order valence-electron chi connectivity index (χ1n) is 5.64. The zero-order valence-corrected chi connectivity index (χ0v) is 10.1. The van der Waals surface area contributed by atoms with Crippen molar-refractivity contribution in [2.75, 3.05) is 0 Å². The highest BCUT2D eigenvalue weighted by atomic mass is 19.3. The predicted molar refractivity (Wildman–Crippen MR) is 63.7 cm³/mol. The van der Waals surface area contributed by atoms with Gasteiger partial charge in [0.2, 0.25) is 5.88 Å². The molecule has 0 unspecified atom stereocenters. The Morgan fingerprint density at radius 3 is 2.57 bits per heavy atom. The first-order valence-corrected chi connectivity index (χ1v) is 5.64. The lowest BCUT2D eigenvalue weighted by atomic mass is 10.1. The van der Waals surface area contributed by atoms with Gasteiger partial charge in [0.05, 0.1) is 24.3 Å². The molecular weight excluding hydrogens is 292 g/mol. The molecule has 9 heteroatoms. The monoisotopic (exact) mass is 298 g/mol. The first kappa shape index (κ1) is 13.3. The number of hydrogen-bond donors (Lipinski definition) is 1. The normalized spacial score (nSPS) is 11.3. The molecule has 108 valence electrons. The molecule has 0 aliphatic heterocycles. The van der Waals surface area contributed by atoms with Gasteiger partial charge in [-0.2, -0.15) is 13.9 Å². The van der Waals surface area contributed by atoms with Crippen LogP contribution in [0.25, 0.3) is 22.2 Å². The highest BCUT2D eigenvalue weighted by Crippen LogP contribution is 2.29. The summed E-state index contributed by atoms with van der Waals surface area (Å²) >= 11 is 0. The van der Waals surface area contributed by atoms with E-state index in [0.29, 0.717) is 5.39 Å². The molecule has 0 aliphatic carbocycles. The molecule has 2 aromatic heterocycles. The Bertz CT molecular complexity index is 788. The molecule has 0 radical (unpaired) electrons. The number of aromatic amines is 1. The second-order valence-electron chi connectivity index (χ2n) is 4.00. The maximum atomic E-state index is 13.5. The second kappa shape index (κ2) is 5.00. The fourth-order valence-electron chi connectivity index (χ4n) is 1.86. The Morgan fingerprint density at radius 2 is 1.90 bits per heavy atom. The number of rotatable bonds is 3. The molecule has 0 amide bonds. The van der Waals surface area contributed by atoms with E-state index < -0.39 is 18.2 Å². The van der Waals surface area contributed by atoms with Crippen LogP contribution in [-0.4, -0.2) is 26.8 Å². The number of benzene rings is 1. The fraction of sp³-hybridized carbons (Fsp3) is 0.0833. The summed E-state index contributed by atoms with van der Waals surface area (Å²) in [5, 5.41) is 6.28. The van der Waals surface area contributed by atoms with Crippen LogP contribution in [0.2, 0.25) is 0 Å². The van der Waals surface area contributed by atoms with Crippen LogP contribution in [0.3, 0.4) is 0 Å². The molecule has 0 saturated carbocycles. The summed E-state index contributed by atoms with van der Waals surface area (Å²) in [6.45, 7) is -3.02. The van der Waals surface area contributed by atoms with Gasteiger partial charge in [0.15, 0.2) is 11.6 Å². The third-order valence-electron chi connectivity index (χ3n) is 2.74. The van der Waals surface area contributed by atoms with E-state index in [2.05, 4.69) is 24.9 Å². The minimum absolute atomic E-state index is 0.111. The van der Waals surface area contributed by atoms with Gasteiger partial charge in [-0.3, -0.25) is 5.10 Å². The number of halogens is 4. The highest BCUT2D eigenvalue weighted by Gasteiger charge is 2.16. The summed E-state index contributed by atoms with van der Waals surface area (Å²) in [6, 6.07) is 0.935. The van der Waals surface area contributed by atoms with E-state index in [1.165, 1.54) is 6.20 Å². The van der Waals surface area contributed by atoms with Gasteiger partial charge in [-0.25, -0.2) is 18.7 Å². The summed E-state index contributed by atoms with van der Waals surface area (Å²) in [5.74, 6) is -2.52. The van der Waals surface area contributed by atoms with Crippen molar-refractivity contribution in [1.82, 2.24) is 20.2 Å². The van der Waals surface area contributed by atoms with E-state index in [4.69, 9.17) is 0 Å². The number of nitrogens with one attached hydrogen (secondary N) is 1. The smallest absolute Gasteiger partial charge is 0.388 e. The second-order valence-corrected chi connectivity index (χ2v) is 4.00. The van der Waals surface area contributed by atoms with Crippen molar-refractivity contribution in [2.24, 2.45) is 0 Å². The molecule has 0 atom stereocenters. The van der Waals surface area contributed by atoms with Crippen molar-refractivity contribution < 1.29 is 22.3 Å². The predicted octanol–water partition coefficient (Wildman–Crippen LogP) is 2.90. The molecule has 0 fully saturated rings. The third kappa shape index (κ3) is 2.37. The van der Waals surface area contributed by atoms with Crippen LogP contribution < -0.4 is 4.74 Å². The number of fused-ring (bicyclic) bond motifs is 1. The van der Waals surface area contributed by atoms with E-state index in [1.54, 1.807) is 0 Å². The number of nitrogens with zero attached hydrogens (tertiary/aromatic N) is 3. The summed E-state index contributed by atoms with van der Waals surface area (Å²) in [4.78, 5) is 7.48. The lowest BCUT2D eigenvalue weighted by molar-refractivity contribution is -0.0530. The molecule has 0 bridgehead atoms. The van der Waals surface area contributed by atoms with Crippen molar-refractivity contribution in [3.05, 3.63) is 36.3 Å². The van der Waals surface area contributed by atoms with E-state index in [-0.39, 0.29) is 22.7 Å². The number of aromatic nitrogens is 4. The Morgan fingerprint density at radius 1 is 1.10 bits per heavy atom. The van der Waals surface area contributed by atoms with Crippen LogP contribution in [-0.2, 0) is 0 Å². The van der Waals surface area contributed by atoms with Gasteiger partial charge in [0, 0.05) is 10.9 Å². The van der Waals surface area contributed by atoms with Crippen LogP contribution in [0.4, 0.5) is 17.6 Å². The minimum atomic E-state index is -3.02. The largest absolute Gasteiger partial charge is 0.415 e. The molecule has 3 aromatic rings. The number of hydrogen-bond acceptors (Lipinski definition) is 4. The highest BCUT2D eigenvalue weighted by molar-refractivity contribution is 5.93. The molecule has 0 aliphatic rings. The Balaban J connectivity index is 2.08. The summed E-state index contributed by atoms with van der Waals surface area (Å²) in [7, 11) is 0. The molecule has 0 saturated heterocycles. The molecule has 3 rings (SSSR count). The van der Waals surface area contributed by atoms with E-state index in [0.717, 1.165) is 18.5 Å². The lowest BCUT2D eigenvalue weighted by Crippen LogP contribution is -2.04. The van der Waals surface area contributed by atoms with Crippen LogP contribution in [0.5, 0.6) is 5.88 Å². The first-order chi connectivity index (χ1) is 10.1. The minimum Gasteiger partial charge on any atom is -0.415 e. The summed E-state index contributed by atoms with van der Waals surface area (Å²) < 4.78 is 55.2. The van der Waals surface area contributed by atoms with Gasteiger partial charge in [-0.15, -0.1) is 0 Å². The van der Waals surface area contributed by atoms with Crippen molar-refractivity contribution in [3.8, 4) is 17.1 Å². The quantitative estimate of drug-likeness (QED) is 0.755. The molecule has 0 spiro atoms. The van der Waals surface area contributed by atoms with Gasteiger partial charge < -0.3 is 4.74 Å². The molecule has 2 heterocycles. The van der Waals surface area contributed by atoms with Crippen LogP contribution in [0.1, 0.15) is 0 Å². The van der Waals surface area contributed by atoms with E-state index >= 15 is 0 Å². The van der Waals surface area contributed by atoms with Crippen molar-refractivity contribution >= 4 is 10.9 Å². The summed E-state index contributed by atoms with van der Waals surface area (Å²) in [5.41, 5.74) is 0.287. The van der Waals surface area contributed by atoms with Crippen LogP contribution in [0.15, 0.2) is 24.7 Å². The molecule has 1 N–H and O–H groups in total. The van der Waals surface area contributed by atoms with Crippen LogP contribution in [0, 0.1) is 11.6 Å². The van der Waals surface area contributed by atoms with Crippen molar-refractivity contribution in [1.29, 1.82) is 0 Å². The van der Waals surface area contributed by atoms with Gasteiger partial charge >= 0.3 is 6.61 Å². The Hall–Kier alpha value is -2.71. The van der Waals surface area contributed by atoms with Gasteiger partial charge in [-0.05, 0) is 6.07 Å². The van der Waals surface area contributed by atoms with Gasteiger partial charge in [0.25, 0.3) is 0 Å². The molecule has 5 nitrogen and oxygen atoms in total. The average molecular weight is 298 g/mol. The third-order valence-corrected chi connectivity index (χ3v) is 2.74. The van der Waals surface area contributed by atoms with Gasteiger partial charge in [0.1, 0.15) is 5.52 Å². The topological polar surface area (TPSA) is 63.7 Å². The zero-order chi connectivity index (χ0) is 15.0. The average Bonchev–Trinajstić information content (AvgIpc) is 2.93. The maximum absolute atomic E-state index is 13.5. The van der Waals surface area contributed by atoms with E-state index in [1.807, 2.05) is 0 Å². The van der Waals surface area contributed by atoms with Crippen LogP contribution >= 0.6 is 0 Å². The van der Waals surface area contributed by atoms with Gasteiger partial charge in [-0.1, -0.05) is 0 Å². The number of alkyl halides is 2. The fourth-order valence-corrected chi connectivity index (χ4v) is 1.86. The molecule has 1 aromatic carbocycles. The SMILES string of the molecule is Fc1cc(-c2cnc(OC(F)F)cn2)c2cn[nH]c2c1F. The van der Waals surface area contributed by atoms with Crippen molar-refractivity contribution in [3.63, 3.8) is 0 Å². The van der Waals surface area contributed by atoms with E-state index in [9.17, 15) is 17.6 Å². The van der Waals surface area contributed by atoms with Crippen molar-refractivity contribution in [2.45, 2.75) is 6.61 Å². The summed E-state index contributed by atoms with van der Waals surface area (Å²) in [6.07, 6.45) is 3.39. The number of ether oxygens (including phenoxy) is 1. The standard InChI is InChI=1S/C12H6F4N4O/c13-7-1-5(6-2-19-20-11(6)10(7)14)8-3-18-9(4-17-8)21-12(15)16/h1-4,12H,(H,19,20). The number of H-pyrrole nitrogens is 1. The zero-order valence-electron chi connectivity index (χ0n) is 10.1.